The first-order valence-corrected chi connectivity index (χ1v) is 9.82. The number of rotatable bonds is 5. The molecule has 29 heavy (non-hydrogen) atoms. The van der Waals surface area contributed by atoms with E-state index in [2.05, 4.69) is 20.5 Å². The minimum Gasteiger partial charge on any atom is -0.454 e. The lowest BCUT2D eigenvalue weighted by Crippen LogP contribution is -2.22. The zero-order valence-corrected chi connectivity index (χ0v) is 16.2. The van der Waals surface area contributed by atoms with Gasteiger partial charge in [-0.25, -0.2) is 0 Å². The Morgan fingerprint density at radius 2 is 2.03 bits per heavy atom. The molecule has 2 N–H and O–H groups in total. The van der Waals surface area contributed by atoms with Gasteiger partial charge >= 0.3 is 0 Å². The Labute approximate surface area is 169 Å². The molecule has 146 valence electrons. The molecule has 0 aliphatic carbocycles. The van der Waals surface area contributed by atoms with Crippen molar-refractivity contribution in [3.8, 4) is 23.0 Å². The van der Waals surface area contributed by atoms with Crippen LogP contribution in [0, 0.1) is 0 Å². The van der Waals surface area contributed by atoms with Crippen LogP contribution in [0.1, 0.15) is 6.92 Å². The van der Waals surface area contributed by atoms with Gasteiger partial charge in [-0.2, -0.15) is 0 Å². The van der Waals surface area contributed by atoms with E-state index in [-0.39, 0.29) is 12.7 Å². The van der Waals surface area contributed by atoms with E-state index in [1.165, 1.54) is 11.8 Å². The Hall–Kier alpha value is -3.46. The van der Waals surface area contributed by atoms with Crippen molar-refractivity contribution < 1.29 is 18.7 Å². The summed E-state index contributed by atoms with van der Waals surface area (Å²) in [6, 6.07) is 13.1. The largest absolute Gasteiger partial charge is 0.454 e. The summed E-state index contributed by atoms with van der Waals surface area (Å²) >= 11 is 1.20. The lowest BCUT2D eigenvalue weighted by molar-refractivity contribution is -0.115. The van der Waals surface area contributed by atoms with E-state index in [1.54, 1.807) is 25.1 Å². The van der Waals surface area contributed by atoms with E-state index in [0.717, 1.165) is 16.5 Å². The minimum atomic E-state index is -0.434. The van der Waals surface area contributed by atoms with Gasteiger partial charge in [0.1, 0.15) is 0 Å². The predicted molar refractivity (Wildman–Crippen MR) is 108 cm³/mol. The van der Waals surface area contributed by atoms with Crippen LogP contribution in [0.5, 0.6) is 11.5 Å². The van der Waals surface area contributed by atoms with Crippen LogP contribution in [-0.2, 0) is 4.79 Å². The lowest BCUT2D eigenvalue weighted by atomic mass is 10.2. The fraction of sp³-hybridized carbons (Fsp3) is 0.150. The van der Waals surface area contributed by atoms with Crippen LogP contribution in [0.25, 0.3) is 22.4 Å². The molecule has 5 rings (SSSR count). The second kappa shape index (κ2) is 7.17. The summed E-state index contributed by atoms with van der Waals surface area (Å²) in [6.45, 7) is 1.97. The number of aromatic amines is 1. The van der Waals surface area contributed by atoms with Crippen molar-refractivity contribution in [2.75, 3.05) is 12.1 Å². The zero-order chi connectivity index (χ0) is 19.8. The Morgan fingerprint density at radius 3 is 2.97 bits per heavy atom. The van der Waals surface area contributed by atoms with Gasteiger partial charge in [-0.3, -0.25) is 4.79 Å². The topological polar surface area (TPSA) is 102 Å². The van der Waals surface area contributed by atoms with Gasteiger partial charge in [-0.05, 0) is 25.1 Å². The number of H-pyrrole nitrogens is 1. The molecule has 4 aromatic rings. The highest BCUT2D eigenvalue weighted by Crippen LogP contribution is 2.35. The Bertz CT molecular complexity index is 1200. The van der Waals surface area contributed by atoms with Crippen LogP contribution >= 0.6 is 11.8 Å². The number of nitrogens with zero attached hydrogens (tertiary/aromatic N) is 2. The fourth-order valence-electron chi connectivity index (χ4n) is 3.04. The average Bonchev–Trinajstić information content (AvgIpc) is 3.46. The molecular formula is C20H16N4O4S. The summed E-state index contributed by atoms with van der Waals surface area (Å²) in [5.41, 5.74) is 2.46. The SMILES string of the molecule is C[C@H](Sc1nnc(-c2c[nH]c3ccccc23)o1)C(=O)Nc1ccc2c(c1)OCO2. The molecule has 3 heterocycles. The molecule has 2 aromatic carbocycles. The number of ether oxygens (including phenoxy) is 2. The van der Waals surface area contributed by atoms with Gasteiger partial charge in [-0.1, -0.05) is 30.0 Å². The maximum absolute atomic E-state index is 12.5. The molecular weight excluding hydrogens is 392 g/mol. The molecule has 0 unspecified atom stereocenters. The second-order valence-corrected chi connectivity index (χ2v) is 7.73. The van der Waals surface area contributed by atoms with Crippen LogP contribution in [-0.4, -0.2) is 33.1 Å². The maximum Gasteiger partial charge on any atom is 0.277 e. The highest BCUT2D eigenvalue weighted by atomic mass is 32.2. The molecule has 0 radical (unpaired) electrons. The zero-order valence-electron chi connectivity index (χ0n) is 15.3. The van der Waals surface area contributed by atoms with Crippen molar-refractivity contribution in [3.63, 3.8) is 0 Å². The number of nitrogens with one attached hydrogen (secondary N) is 2. The van der Waals surface area contributed by atoms with E-state index < -0.39 is 5.25 Å². The van der Waals surface area contributed by atoms with Gasteiger partial charge in [0.25, 0.3) is 11.1 Å². The van der Waals surface area contributed by atoms with Crippen molar-refractivity contribution in [2.24, 2.45) is 0 Å². The number of amides is 1. The summed E-state index contributed by atoms with van der Waals surface area (Å²) in [7, 11) is 0. The molecule has 0 saturated heterocycles. The second-order valence-electron chi connectivity index (χ2n) is 6.44. The lowest BCUT2D eigenvalue weighted by Gasteiger charge is -2.10. The third-order valence-electron chi connectivity index (χ3n) is 4.51. The van der Waals surface area contributed by atoms with Gasteiger partial charge in [0.15, 0.2) is 11.5 Å². The van der Waals surface area contributed by atoms with Crippen molar-refractivity contribution >= 4 is 34.3 Å². The number of hydrogen-bond acceptors (Lipinski definition) is 7. The quantitative estimate of drug-likeness (QED) is 0.480. The number of thioether (sulfide) groups is 1. The predicted octanol–water partition coefficient (Wildman–Crippen LogP) is 4.07. The molecule has 0 bridgehead atoms. The first-order valence-electron chi connectivity index (χ1n) is 8.94. The molecule has 1 amide bonds. The number of carbonyl (C=O) groups is 1. The number of carbonyl (C=O) groups excluding carboxylic acids is 1. The van der Waals surface area contributed by atoms with Crippen molar-refractivity contribution in [1.29, 1.82) is 0 Å². The molecule has 1 aliphatic rings. The number of aromatic nitrogens is 3. The van der Waals surface area contributed by atoms with E-state index in [1.807, 2.05) is 30.5 Å². The smallest absolute Gasteiger partial charge is 0.277 e. The van der Waals surface area contributed by atoms with Crippen LogP contribution in [0.3, 0.4) is 0 Å². The van der Waals surface area contributed by atoms with Gasteiger partial charge in [0.2, 0.25) is 12.7 Å². The van der Waals surface area contributed by atoms with E-state index in [0.29, 0.717) is 28.3 Å². The molecule has 0 saturated carbocycles. The number of para-hydroxylation sites is 1. The maximum atomic E-state index is 12.5. The van der Waals surface area contributed by atoms with Crippen molar-refractivity contribution in [1.82, 2.24) is 15.2 Å². The van der Waals surface area contributed by atoms with Crippen molar-refractivity contribution in [3.05, 3.63) is 48.7 Å². The highest BCUT2D eigenvalue weighted by molar-refractivity contribution is 8.00. The van der Waals surface area contributed by atoms with Gasteiger partial charge in [-0.15, -0.1) is 10.2 Å². The van der Waals surface area contributed by atoms with Gasteiger partial charge < -0.3 is 24.2 Å². The third-order valence-corrected chi connectivity index (χ3v) is 5.45. The summed E-state index contributed by atoms with van der Waals surface area (Å²) < 4.78 is 16.4. The number of fused-ring (bicyclic) bond motifs is 2. The summed E-state index contributed by atoms with van der Waals surface area (Å²) in [6.07, 6.45) is 1.84. The monoisotopic (exact) mass is 408 g/mol. The molecule has 8 nitrogen and oxygen atoms in total. The molecule has 0 spiro atoms. The van der Waals surface area contributed by atoms with Gasteiger partial charge in [0, 0.05) is 28.9 Å². The molecule has 1 aliphatic heterocycles. The Kier molecular flexibility index (Phi) is 4.36. The highest BCUT2D eigenvalue weighted by Gasteiger charge is 2.21. The fourth-order valence-corrected chi connectivity index (χ4v) is 3.72. The van der Waals surface area contributed by atoms with Crippen LogP contribution in [0.2, 0.25) is 0 Å². The summed E-state index contributed by atoms with van der Waals surface area (Å²) in [4.78, 5) is 15.7. The first-order chi connectivity index (χ1) is 14.2. The number of hydrogen-bond donors (Lipinski definition) is 2. The summed E-state index contributed by atoms with van der Waals surface area (Å²) in [5, 5.41) is 12.0. The number of anilines is 1. The average molecular weight is 408 g/mol. The molecule has 0 fully saturated rings. The van der Waals surface area contributed by atoms with Crippen LogP contribution in [0.4, 0.5) is 5.69 Å². The van der Waals surface area contributed by atoms with Crippen LogP contribution < -0.4 is 14.8 Å². The van der Waals surface area contributed by atoms with Crippen molar-refractivity contribution in [2.45, 2.75) is 17.4 Å². The van der Waals surface area contributed by atoms with Gasteiger partial charge in [0.05, 0.1) is 10.8 Å². The summed E-state index contributed by atoms with van der Waals surface area (Å²) in [5.74, 6) is 1.51. The Morgan fingerprint density at radius 1 is 1.17 bits per heavy atom. The molecule has 2 aromatic heterocycles. The van der Waals surface area contributed by atoms with E-state index >= 15 is 0 Å². The Balaban J connectivity index is 1.27. The van der Waals surface area contributed by atoms with E-state index in [9.17, 15) is 4.79 Å². The standard InChI is InChI=1S/C20H16N4O4S/c1-11(18(25)22-12-6-7-16-17(8-12)27-10-26-16)29-20-24-23-19(28-20)14-9-21-15-5-3-2-4-13(14)15/h2-9,11,21H,10H2,1H3,(H,22,25)/t11-/m0/s1. The normalized spacial score (nSPS) is 13.6. The molecule has 1 atom stereocenters. The first kappa shape index (κ1) is 17.6. The minimum absolute atomic E-state index is 0.180. The number of benzene rings is 2. The van der Waals surface area contributed by atoms with E-state index in [4.69, 9.17) is 13.9 Å². The third kappa shape index (κ3) is 3.40. The molecule has 9 heteroatoms. The van der Waals surface area contributed by atoms with Crippen LogP contribution in [0.15, 0.2) is 58.3 Å².